The number of rotatable bonds is 3. The van der Waals surface area contributed by atoms with Crippen LogP contribution in [0, 0.1) is 0 Å². The number of carbonyl (C=O) groups excluding carboxylic acids is 1. The first-order chi connectivity index (χ1) is 12.9. The highest BCUT2D eigenvalue weighted by Gasteiger charge is 2.33. The molecule has 27 heavy (non-hydrogen) atoms. The minimum Gasteiger partial charge on any atom is -0.391 e. The third-order valence-corrected chi connectivity index (χ3v) is 5.60. The summed E-state index contributed by atoms with van der Waals surface area (Å²) in [5.74, 6) is 0.409. The Morgan fingerprint density at radius 3 is 2.30 bits per heavy atom. The van der Waals surface area contributed by atoms with Crippen molar-refractivity contribution in [3.8, 4) is 16.9 Å². The summed E-state index contributed by atoms with van der Waals surface area (Å²) in [6.07, 6.45) is 0. The average Bonchev–Trinajstić information content (AvgIpc) is 2.67. The average molecular weight is 381 g/mol. The Kier molecular flexibility index (Phi) is 4.49. The number of hydrogen-bond donors (Lipinski definition) is 3. The van der Waals surface area contributed by atoms with E-state index in [0.717, 1.165) is 16.7 Å². The lowest BCUT2D eigenvalue weighted by molar-refractivity contribution is 0.103. The van der Waals surface area contributed by atoms with Crippen LogP contribution in [-0.2, 0) is 0 Å². The van der Waals surface area contributed by atoms with E-state index in [9.17, 15) is 13.9 Å². The number of nitrogens with one attached hydrogen (secondary N) is 1. The van der Waals surface area contributed by atoms with Gasteiger partial charge in [0, 0.05) is 28.3 Å². The normalized spacial score (nSPS) is 18.9. The molecule has 3 aromatic rings. The molecule has 5 nitrogen and oxygen atoms in total. The zero-order valence-corrected chi connectivity index (χ0v) is 15.4. The smallest absolute Gasteiger partial charge is 0.203 e. The van der Waals surface area contributed by atoms with E-state index in [0.29, 0.717) is 16.9 Å². The van der Waals surface area contributed by atoms with Gasteiger partial charge in [-0.3, -0.25) is 13.9 Å². The van der Waals surface area contributed by atoms with Crippen molar-refractivity contribution in [3.05, 3.63) is 89.5 Å². The van der Waals surface area contributed by atoms with Crippen molar-refractivity contribution in [2.24, 2.45) is 0 Å². The Bertz CT molecular complexity index is 987. The van der Waals surface area contributed by atoms with Crippen LogP contribution in [0.5, 0.6) is 5.75 Å². The number of para-hydroxylation sites is 1. The van der Waals surface area contributed by atoms with Crippen LogP contribution in [-0.4, -0.2) is 14.9 Å². The van der Waals surface area contributed by atoms with E-state index in [1.807, 2.05) is 55.5 Å². The maximum Gasteiger partial charge on any atom is 0.203 e. The van der Waals surface area contributed by atoms with Crippen LogP contribution >= 0.6 is 11.1 Å². The molecule has 0 radical (unpaired) electrons. The second-order valence-corrected chi connectivity index (χ2v) is 7.81. The van der Waals surface area contributed by atoms with Gasteiger partial charge in [-0.25, -0.2) is 4.72 Å². The molecule has 0 bridgehead atoms. The molecule has 4 rings (SSSR count). The Morgan fingerprint density at radius 2 is 1.59 bits per heavy atom. The molecule has 1 aliphatic rings. The number of hydrogen-bond acceptors (Lipinski definition) is 5. The van der Waals surface area contributed by atoms with Crippen molar-refractivity contribution in [3.63, 3.8) is 0 Å². The van der Waals surface area contributed by atoms with E-state index in [1.54, 1.807) is 24.3 Å². The molecule has 6 heteroatoms. The lowest BCUT2D eigenvalue weighted by Crippen LogP contribution is -2.32. The molecule has 1 aliphatic heterocycles. The predicted molar refractivity (Wildman–Crippen MR) is 107 cm³/mol. The van der Waals surface area contributed by atoms with E-state index < -0.39 is 11.1 Å². The SMILES string of the molecule is CC1NS(O)(O)Oc2c(-c3ccc(C(=O)c4ccccc4)cc3)cccc21. The van der Waals surface area contributed by atoms with Crippen LogP contribution in [0.4, 0.5) is 0 Å². The number of fused-ring (bicyclic) bond motifs is 1. The standard InChI is InChI=1S/C21H19NO4S/c1-14-18-8-5-9-19(21(18)26-27(24,25)22-14)15-10-12-17(13-11-15)20(23)16-6-3-2-4-7-16/h2-14,22,24-25H,1H3. The van der Waals surface area contributed by atoms with Crippen LogP contribution in [0.1, 0.15) is 34.5 Å². The highest BCUT2D eigenvalue weighted by Crippen LogP contribution is 2.50. The topological polar surface area (TPSA) is 78.8 Å². The van der Waals surface area contributed by atoms with Crippen molar-refractivity contribution in [1.82, 2.24) is 4.72 Å². The van der Waals surface area contributed by atoms with E-state index in [1.165, 1.54) is 0 Å². The van der Waals surface area contributed by atoms with E-state index in [2.05, 4.69) is 4.72 Å². The summed E-state index contributed by atoms with van der Waals surface area (Å²) >= 11 is -3.34. The van der Waals surface area contributed by atoms with Crippen LogP contribution in [0.2, 0.25) is 0 Å². The molecule has 0 fully saturated rings. The van der Waals surface area contributed by atoms with Crippen molar-refractivity contribution in [2.75, 3.05) is 0 Å². The summed E-state index contributed by atoms with van der Waals surface area (Å²) in [6.45, 7) is 1.85. The second-order valence-electron chi connectivity index (χ2n) is 6.42. The van der Waals surface area contributed by atoms with Crippen LogP contribution < -0.4 is 8.91 Å². The van der Waals surface area contributed by atoms with Gasteiger partial charge in [0.1, 0.15) is 0 Å². The third kappa shape index (κ3) is 3.48. The monoisotopic (exact) mass is 381 g/mol. The Hall–Kier alpha value is -2.64. The van der Waals surface area contributed by atoms with Gasteiger partial charge in [-0.05, 0) is 12.5 Å². The van der Waals surface area contributed by atoms with E-state index in [-0.39, 0.29) is 11.8 Å². The first kappa shape index (κ1) is 17.8. The fourth-order valence-corrected chi connectivity index (χ4v) is 4.26. The molecular weight excluding hydrogens is 362 g/mol. The molecule has 0 spiro atoms. The molecule has 0 aliphatic carbocycles. The van der Waals surface area contributed by atoms with Gasteiger partial charge < -0.3 is 4.18 Å². The lowest BCUT2D eigenvalue weighted by Gasteiger charge is -2.37. The number of carbonyl (C=O) groups is 1. The zero-order chi connectivity index (χ0) is 19.0. The van der Waals surface area contributed by atoms with Gasteiger partial charge in [0.25, 0.3) is 0 Å². The van der Waals surface area contributed by atoms with Crippen molar-refractivity contribution in [1.29, 1.82) is 0 Å². The van der Waals surface area contributed by atoms with Crippen molar-refractivity contribution >= 4 is 16.8 Å². The third-order valence-electron chi connectivity index (χ3n) is 4.54. The van der Waals surface area contributed by atoms with Crippen LogP contribution in [0.15, 0.2) is 72.8 Å². The van der Waals surface area contributed by atoms with Gasteiger partial charge in [-0.15, -0.1) is 0 Å². The summed E-state index contributed by atoms with van der Waals surface area (Å²) in [5, 5.41) is 0. The highest BCUT2D eigenvalue weighted by molar-refractivity contribution is 8.18. The zero-order valence-electron chi connectivity index (χ0n) is 14.6. The summed E-state index contributed by atoms with van der Waals surface area (Å²) in [4.78, 5) is 12.6. The van der Waals surface area contributed by atoms with Gasteiger partial charge >= 0.3 is 0 Å². The number of benzene rings is 3. The molecular formula is C21H19NO4S. The minimum absolute atomic E-state index is 0.0412. The molecule has 3 N–H and O–H groups in total. The van der Waals surface area contributed by atoms with E-state index >= 15 is 0 Å². The fraction of sp³-hybridized carbons (Fsp3) is 0.0952. The molecule has 0 saturated carbocycles. The minimum atomic E-state index is -3.34. The molecule has 0 aromatic heterocycles. The molecule has 0 amide bonds. The van der Waals surface area contributed by atoms with E-state index in [4.69, 9.17) is 4.18 Å². The Balaban J connectivity index is 1.70. The predicted octanol–water partition coefficient (Wildman–Crippen LogP) is 5.21. The molecule has 3 aromatic carbocycles. The molecule has 0 saturated heterocycles. The van der Waals surface area contributed by atoms with Gasteiger partial charge in [0.15, 0.2) is 11.5 Å². The first-order valence-corrected chi connectivity index (χ1v) is 10.00. The molecule has 1 unspecified atom stereocenters. The Labute approximate surface area is 159 Å². The van der Waals surface area contributed by atoms with Gasteiger partial charge in [0.05, 0.1) is 0 Å². The summed E-state index contributed by atoms with van der Waals surface area (Å²) in [6, 6.07) is 21.7. The Morgan fingerprint density at radius 1 is 0.926 bits per heavy atom. The summed E-state index contributed by atoms with van der Waals surface area (Å²) in [5.41, 5.74) is 3.66. The lowest BCUT2D eigenvalue weighted by atomic mass is 9.96. The molecule has 138 valence electrons. The second kappa shape index (κ2) is 6.83. The highest BCUT2D eigenvalue weighted by atomic mass is 32.3. The van der Waals surface area contributed by atoms with Crippen molar-refractivity contribution in [2.45, 2.75) is 13.0 Å². The largest absolute Gasteiger partial charge is 0.391 e. The quantitative estimate of drug-likeness (QED) is 0.543. The summed E-state index contributed by atoms with van der Waals surface area (Å²) < 4.78 is 28.0. The maximum atomic E-state index is 12.6. The fourth-order valence-electron chi connectivity index (χ4n) is 3.21. The van der Waals surface area contributed by atoms with Crippen LogP contribution in [0.3, 0.4) is 0 Å². The summed E-state index contributed by atoms with van der Waals surface area (Å²) in [7, 11) is 0. The molecule has 1 heterocycles. The number of ketones is 1. The first-order valence-electron chi connectivity index (χ1n) is 8.52. The maximum absolute atomic E-state index is 12.6. The van der Waals surface area contributed by atoms with Gasteiger partial charge in [-0.2, -0.15) is 0 Å². The van der Waals surface area contributed by atoms with Gasteiger partial charge in [-0.1, -0.05) is 72.8 Å². The molecule has 1 atom stereocenters. The van der Waals surface area contributed by atoms with Crippen LogP contribution in [0.25, 0.3) is 11.1 Å². The van der Waals surface area contributed by atoms with Gasteiger partial charge in [0.2, 0.25) is 11.1 Å². The van der Waals surface area contributed by atoms with Crippen molar-refractivity contribution < 1.29 is 18.1 Å².